The van der Waals surface area contributed by atoms with Crippen LogP contribution in [0.15, 0.2) is 0 Å². The van der Waals surface area contributed by atoms with Crippen molar-refractivity contribution in [3.63, 3.8) is 0 Å². The first-order valence-electron chi connectivity index (χ1n) is 11.0. The summed E-state index contributed by atoms with van der Waals surface area (Å²) in [6.45, 7) is 9.09. The van der Waals surface area contributed by atoms with Crippen molar-refractivity contribution in [1.82, 2.24) is 0 Å². The molecule has 0 unspecified atom stereocenters. The van der Waals surface area contributed by atoms with Crippen molar-refractivity contribution in [2.24, 2.45) is 40.4 Å². The van der Waals surface area contributed by atoms with E-state index in [1.807, 2.05) is 0 Å². The van der Waals surface area contributed by atoms with Gasteiger partial charge in [-0.3, -0.25) is 0 Å². The molecule has 1 N–H and O–H groups in total. The Kier molecular flexibility index (Phi) is 4.68. The minimum absolute atomic E-state index is 0.00116. The molecule has 0 saturated heterocycles. The fourth-order valence-corrected chi connectivity index (χ4v) is 7.95. The van der Waals surface area contributed by atoms with Gasteiger partial charge in [-0.2, -0.15) is 5.26 Å². The molecule has 3 heteroatoms. The number of ether oxygens (including phenoxy) is 1. The van der Waals surface area contributed by atoms with Crippen LogP contribution in [0, 0.1) is 51.8 Å². The quantitative estimate of drug-likeness (QED) is 0.760. The van der Waals surface area contributed by atoms with Crippen LogP contribution in [0.1, 0.15) is 79.1 Å². The predicted molar refractivity (Wildman–Crippen MR) is 102 cm³/mol. The molecule has 0 radical (unpaired) electrons. The Morgan fingerprint density at radius 1 is 1.04 bits per heavy atom. The van der Waals surface area contributed by atoms with Crippen LogP contribution in [0.3, 0.4) is 0 Å². The third kappa shape index (κ3) is 2.67. The fraction of sp³-hybridized carbons (Fsp3) is 0.957. The molecule has 26 heavy (non-hydrogen) atoms. The molecular weight excluding hydrogens is 322 g/mol. The smallest absolute Gasteiger partial charge is 0.0842 e. The summed E-state index contributed by atoms with van der Waals surface area (Å²) in [5.41, 5.74) is 0.550. The third-order valence-corrected chi connectivity index (χ3v) is 9.26. The van der Waals surface area contributed by atoms with E-state index in [9.17, 15) is 10.4 Å². The maximum atomic E-state index is 10.7. The minimum atomic E-state index is -0.296. The number of nitriles is 1. The largest absolute Gasteiger partial charge is 0.390 e. The van der Waals surface area contributed by atoms with Gasteiger partial charge in [-0.05, 0) is 99.7 Å². The summed E-state index contributed by atoms with van der Waals surface area (Å²) >= 11 is 0. The van der Waals surface area contributed by atoms with Crippen LogP contribution < -0.4 is 0 Å². The number of fused-ring (bicyclic) bond motifs is 5. The molecule has 4 saturated carbocycles. The molecule has 4 aliphatic rings. The van der Waals surface area contributed by atoms with E-state index in [1.54, 1.807) is 0 Å². The van der Waals surface area contributed by atoms with Crippen molar-refractivity contribution in [3.8, 4) is 6.07 Å². The summed E-state index contributed by atoms with van der Waals surface area (Å²) in [7, 11) is 0. The number of rotatable bonds is 2. The SMILES string of the molecule is CC(C)O[C@H]1C[C@@]2(C)[C@@H](CC[C@@H]3[C@@H]2CC[C@]2(C)[C@H](C#N)CC[C@@H]32)C[C@@H]1O. The second-order valence-electron chi connectivity index (χ2n) is 10.7. The second-order valence-corrected chi connectivity index (χ2v) is 10.7. The highest BCUT2D eigenvalue weighted by atomic mass is 16.5. The van der Waals surface area contributed by atoms with Gasteiger partial charge in [0.15, 0.2) is 0 Å². The van der Waals surface area contributed by atoms with Gasteiger partial charge in [0.05, 0.1) is 30.3 Å². The van der Waals surface area contributed by atoms with Crippen molar-refractivity contribution < 1.29 is 9.84 Å². The summed E-state index contributed by atoms with van der Waals surface area (Å²) < 4.78 is 6.15. The molecule has 0 aromatic heterocycles. The fourth-order valence-electron chi connectivity index (χ4n) is 7.95. The first-order valence-corrected chi connectivity index (χ1v) is 11.0. The zero-order valence-corrected chi connectivity index (χ0v) is 17.1. The van der Waals surface area contributed by atoms with Crippen molar-refractivity contribution in [1.29, 1.82) is 5.26 Å². The lowest BCUT2D eigenvalue weighted by molar-refractivity contribution is -0.179. The molecule has 0 aliphatic heterocycles. The molecule has 3 nitrogen and oxygen atoms in total. The van der Waals surface area contributed by atoms with Crippen LogP contribution in [0.5, 0.6) is 0 Å². The number of hydrogen-bond acceptors (Lipinski definition) is 3. The van der Waals surface area contributed by atoms with Gasteiger partial charge in [0.25, 0.3) is 0 Å². The molecular formula is C23H37NO2. The van der Waals surface area contributed by atoms with Crippen LogP contribution in [0.4, 0.5) is 0 Å². The molecule has 0 aromatic rings. The Bertz CT molecular complexity index is 583. The molecule has 0 aromatic carbocycles. The van der Waals surface area contributed by atoms with E-state index in [2.05, 4.69) is 33.8 Å². The van der Waals surface area contributed by atoms with E-state index in [4.69, 9.17) is 4.74 Å². The van der Waals surface area contributed by atoms with Gasteiger partial charge in [-0.15, -0.1) is 0 Å². The lowest BCUT2D eigenvalue weighted by Crippen LogP contribution is -2.57. The summed E-state index contributed by atoms with van der Waals surface area (Å²) in [6, 6.07) is 2.65. The van der Waals surface area contributed by atoms with Gasteiger partial charge in [-0.25, -0.2) is 0 Å². The van der Waals surface area contributed by atoms with E-state index in [0.29, 0.717) is 11.3 Å². The van der Waals surface area contributed by atoms with Crippen LogP contribution >= 0.6 is 0 Å². The van der Waals surface area contributed by atoms with E-state index in [-0.39, 0.29) is 29.6 Å². The molecule has 4 aliphatic carbocycles. The molecule has 4 rings (SSSR count). The van der Waals surface area contributed by atoms with Crippen molar-refractivity contribution in [2.45, 2.75) is 97.4 Å². The van der Waals surface area contributed by atoms with Crippen LogP contribution in [-0.4, -0.2) is 23.4 Å². The summed E-state index contributed by atoms with van der Waals surface area (Å²) in [4.78, 5) is 0. The molecule has 0 heterocycles. The third-order valence-electron chi connectivity index (χ3n) is 9.26. The van der Waals surface area contributed by atoms with Gasteiger partial charge in [0.2, 0.25) is 0 Å². The standard InChI is InChI=1S/C23H37NO2/c1-14(2)26-21-12-23(4)15(11-20(21)25)5-7-17-18-8-6-16(13-24)22(18,3)10-9-19(17)23/h14-21,25H,5-12H2,1-4H3/t15-,16-,17-,18-,19-,20-,21-,22+,23-/m0/s1. The first-order chi connectivity index (χ1) is 12.3. The van der Waals surface area contributed by atoms with Crippen molar-refractivity contribution in [2.75, 3.05) is 0 Å². The topological polar surface area (TPSA) is 53.2 Å². The van der Waals surface area contributed by atoms with Crippen LogP contribution in [0.2, 0.25) is 0 Å². The Morgan fingerprint density at radius 3 is 2.46 bits per heavy atom. The van der Waals surface area contributed by atoms with Crippen LogP contribution in [-0.2, 0) is 4.74 Å². The predicted octanol–water partition coefficient (Wildman–Crippen LogP) is 4.93. The van der Waals surface area contributed by atoms with Crippen molar-refractivity contribution >= 4 is 0 Å². The molecule has 9 atom stereocenters. The molecule has 0 bridgehead atoms. The van der Waals surface area contributed by atoms with Crippen LogP contribution in [0.25, 0.3) is 0 Å². The maximum absolute atomic E-state index is 10.7. The van der Waals surface area contributed by atoms with Gasteiger partial charge in [0, 0.05) is 0 Å². The second kappa shape index (κ2) is 6.49. The molecule has 0 amide bonds. The molecule has 0 spiro atoms. The maximum Gasteiger partial charge on any atom is 0.0842 e. The average Bonchev–Trinajstić information content (AvgIpc) is 2.92. The highest BCUT2D eigenvalue weighted by Crippen LogP contribution is 2.67. The minimum Gasteiger partial charge on any atom is -0.390 e. The lowest BCUT2D eigenvalue weighted by atomic mass is 9.44. The number of aliphatic hydroxyl groups is 1. The van der Waals surface area contributed by atoms with Crippen molar-refractivity contribution in [3.05, 3.63) is 0 Å². The van der Waals surface area contributed by atoms with E-state index in [1.165, 1.54) is 32.1 Å². The monoisotopic (exact) mass is 359 g/mol. The van der Waals surface area contributed by atoms with Gasteiger partial charge >= 0.3 is 0 Å². The number of aliphatic hydroxyl groups excluding tert-OH is 1. The van der Waals surface area contributed by atoms with E-state index < -0.39 is 0 Å². The summed E-state index contributed by atoms with van der Waals surface area (Å²) in [5.74, 6) is 3.18. The highest BCUT2D eigenvalue weighted by molar-refractivity contribution is 5.13. The Morgan fingerprint density at radius 2 is 1.77 bits per heavy atom. The Balaban J connectivity index is 1.59. The normalized spacial score (nSPS) is 53.5. The zero-order chi connectivity index (χ0) is 18.7. The Hall–Kier alpha value is -0.590. The van der Waals surface area contributed by atoms with Gasteiger partial charge in [-0.1, -0.05) is 13.8 Å². The van der Waals surface area contributed by atoms with E-state index >= 15 is 0 Å². The first kappa shape index (κ1) is 18.8. The Labute approximate surface area is 159 Å². The molecule has 146 valence electrons. The summed E-state index contributed by atoms with van der Waals surface area (Å²) in [6.07, 6.45) is 9.24. The summed E-state index contributed by atoms with van der Waals surface area (Å²) in [5, 5.41) is 20.3. The number of hydrogen-bond donors (Lipinski definition) is 1. The molecule has 4 fully saturated rings. The lowest BCUT2D eigenvalue weighted by Gasteiger charge is -2.61. The van der Waals surface area contributed by atoms with Gasteiger partial charge < -0.3 is 9.84 Å². The number of nitrogens with zero attached hydrogens (tertiary/aromatic N) is 1. The van der Waals surface area contributed by atoms with Gasteiger partial charge in [0.1, 0.15) is 0 Å². The highest BCUT2D eigenvalue weighted by Gasteiger charge is 2.61. The van der Waals surface area contributed by atoms with E-state index in [0.717, 1.165) is 37.0 Å². The average molecular weight is 360 g/mol. The zero-order valence-electron chi connectivity index (χ0n) is 17.1.